The van der Waals surface area contributed by atoms with Crippen LogP contribution in [0.4, 0.5) is 4.79 Å². The number of rotatable bonds is 2. The fraction of sp³-hybridized carbons (Fsp3) is 0.467. The van der Waals surface area contributed by atoms with E-state index in [1.165, 1.54) is 0 Å². The zero-order valence-electron chi connectivity index (χ0n) is 12.2. The Bertz CT molecular complexity index is 584. The van der Waals surface area contributed by atoms with Crippen LogP contribution in [-0.4, -0.2) is 35.8 Å². The molecule has 1 aromatic carbocycles. The van der Waals surface area contributed by atoms with Gasteiger partial charge in [0.2, 0.25) is 0 Å². The molecule has 1 saturated heterocycles. The molecular weight excluding hydrogens is 292 g/mol. The minimum Gasteiger partial charge on any atom is -0.487 e. The minimum absolute atomic E-state index is 0.0924. The number of ether oxygens (including phenoxy) is 2. The van der Waals surface area contributed by atoms with Crippen molar-refractivity contribution in [1.29, 1.82) is 5.26 Å². The Kier molecular flexibility index (Phi) is 4.29. The topological polar surface area (TPSA) is 62.6 Å². The molecule has 0 radical (unpaired) electrons. The van der Waals surface area contributed by atoms with E-state index in [2.05, 4.69) is 0 Å². The molecule has 0 spiro atoms. The van der Waals surface area contributed by atoms with Crippen molar-refractivity contribution in [2.24, 2.45) is 0 Å². The summed E-state index contributed by atoms with van der Waals surface area (Å²) in [5.74, 6) is 0.574. The van der Waals surface area contributed by atoms with Crippen LogP contribution >= 0.6 is 11.6 Å². The Labute approximate surface area is 129 Å². The fourth-order valence-electron chi connectivity index (χ4n) is 1.84. The van der Waals surface area contributed by atoms with E-state index in [1.807, 2.05) is 26.8 Å². The molecule has 0 aliphatic carbocycles. The van der Waals surface area contributed by atoms with Crippen LogP contribution in [0.2, 0.25) is 5.02 Å². The Morgan fingerprint density at radius 2 is 2.10 bits per heavy atom. The maximum absolute atomic E-state index is 11.8. The molecule has 0 atom stereocenters. The van der Waals surface area contributed by atoms with Gasteiger partial charge in [0, 0.05) is 0 Å². The molecule has 0 aromatic heterocycles. The predicted octanol–water partition coefficient (Wildman–Crippen LogP) is 3.21. The summed E-state index contributed by atoms with van der Waals surface area (Å²) in [6.07, 6.45) is -0.429. The fourth-order valence-corrected chi connectivity index (χ4v) is 2.00. The molecule has 0 unspecified atom stereocenters. The number of halogens is 1. The van der Waals surface area contributed by atoms with Crippen LogP contribution in [0.15, 0.2) is 18.2 Å². The summed E-state index contributed by atoms with van der Waals surface area (Å²) in [4.78, 5) is 13.4. The number of amides is 1. The largest absolute Gasteiger partial charge is 0.487 e. The van der Waals surface area contributed by atoms with E-state index < -0.39 is 5.60 Å². The van der Waals surface area contributed by atoms with Gasteiger partial charge < -0.3 is 14.4 Å². The lowest BCUT2D eigenvalue weighted by atomic mass is 10.1. The number of hydrogen-bond acceptors (Lipinski definition) is 4. The molecule has 5 nitrogen and oxygen atoms in total. The van der Waals surface area contributed by atoms with Crippen LogP contribution in [0.3, 0.4) is 0 Å². The lowest BCUT2D eigenvalue weighted by Gasteiger charge is -2.39. The van der Waals surface area contributed by atoms with Gasteiger partial charge in [0.1, 0.15) is 23.5 Å². The summed E-state index contributed by atoms with van der Waals surface area (Å²) in [7, 11) is 0. The van der Waals surface area contributed by atoms with Crippen LogP contribution in [0.25, 0.3) is 0 Å². The Morgan fingerprint density at radius 3 is 2.67 bits per heavy atom. The summed E-state index contributed by atoms with van der Waals surface area (Å²) in [5.41, 5.74) is -0.126. The highest BCUT2D eigenvalue weighted by Crippen LogP contribution is 2.24. The summed E-state index contributed by atoms with van der Waals surface area (Å²) < 4.78 is 11.0. The highest BCUT2D eigenvalue weighted by molar-refractivity contribution is 6.31. The highest BCUT2D eigenvalue weighted by Gasteiger charge is 2.35. The third kappa shape index (κ3) is 4.02. The van der Waals surface area contributed by atoms with Crippen molar-refractivity contribution >= 4 is 17.7 Å². The van der Waals surface area contributed by atoms with Crippen molar-refractivity contribution in [2.45, 2.75) is 32.5 Å². The number of nitrogens with zero attached hydrogens (tertiary/aromatic N) is 2. The van der Waals surface area contributed by atoms with Gasteiger partial charge in [-0.05, 0) is 39.0 Å². The molecule has 21 heavy (non-hydrogen) atoms. The summed E-state index contributed by atoms with van der Waals surface area (Å²) in [6.45, 7) is 6.43. The van der Waals surface area contributed by atoms with Gasteiger partial charge in [-0.3, -0.25) is 0 Å². The average Bonchev–Trinajstić information content (AvgIpc) is 2.32. The van der Waals surface area contributed by atoms with E-state index in [1.54, 1.807) is 23.1 Å². The first kappa shape index (κ1) is 15.5. The van der Waals surface area contributed by atoms with E-state index >= 15 is 0 Å². The number of carbonyl (C=O) groups excluding carboxylic acids is 1. The Morgan fingerprint density at radius 1 is 1.43 bits per heavy atom. The number of likely N-dealkylation sites (tertiary alicyclic amines) is 1. The molecule has 112 valence electrons. The molecule has 0 N–H and O–H groups in total. The molecule has 6 heteroatoms. The van der Waals surface area contributed by atoms with Crippen LogP contribution in [0.1, 0.15) is 26.3 Å². The molecule has 0 bridgehead atoms. The number of benzene rings is 1. The van der Waals surface area contributed by atoms with Gasteiger partial charge in [-0.1, -0.05) is 11.6 Å². The van der Waals surface area contributed by atoms with Gasteiger partial charge in [0.25, 0.3) is 0 Å². The van der Waals surface area contributed by atoms with Crippen molar-refractivity contribution in [1.82, 2.24) is 4.90 Å². The third-order valence-corrected chi connectivity index (χ3v) is 3.19. The predicted molar refractivity (Wildman–Crippen MR) is 78.4 cm³/mol. The van der Waals surface area contributed by atoms with E-state index in [0.29, 0.717) is 29.4 Å². The molecule has 0 saturated carbocycles. The van der Waals surface area contributed by atoms with Crippen LogP contribution < -0.4 is 4.74 Å². The van der Waals surface area contributed by atoms with Crippen LogP contribution in [0.5, 0.6) is 5.75 Å². The van der Waals surface area contributed by atoms with Crippen LogP contribution in [0, 0.1) is 11.3 Å². The average molecular weight is 309 g/mol. The van der Waals surface area contributed by atoms with E-state index in [9.17, 15) is 4.79 Å². The van der Waals surface area contributed by atoms with Crippen LogP contribution in [-0.2, 0) is 4.74 Å². The van der Waals surface area contributed by atoms with Crippen molar-refractivity contribution in [3.8, 4) is 11.8 Å². The third-order valence-electron chi connectivity index (χ3n) is 2.86. The first-order valence-electron chi connectivity index (χ1n) is 6.63. The second-order valence-corrected chi connectivity index (χ2v) is 6.29. The van der Waals surface area contributed by atoms with Crippen molar-refractivity contribution in [3.05, 3.63) is 28.8 Å². The second kappa shape index (κ2) is 5.82. The molecule has 1 fully saturated rings. The lowest BCUT2D eigenvalue weighted by molar-refractivity contribution is -0.0221. The molecule has 1 amide bonds. The number of nitriles is 1. The Balaban J connectivity index is 1.86. The molecule has 1 aliphatic heterocycles. The molecule has 2 rings (SSSR count). The maximum Gasteiger partial charge on any atom is 0.410 e. The van der Waals surface area contributed by atoms with Gasteiger partial charge in [0.05, 0.1) is 23.7 Å². The SMILES string of the molecule is CC(C)(C)OC(=O)N1CC(Oc2ccc(Cl)c(C#N)c2)C1. The standard InChI is InChI=1S/C15H17ClN2O3/c1-15(2,3)21-14(19)18-8-12(9-18)20-11-4-5-13(16)10(6-11)7-17/h4-6,12H,8-9H2,1-3H3. The van der Waals surface area contributed by atoms with E-state index in [-0.39, 0.29) is 12.2 Å². The van der Waals surface area contributed by atoms with Gasteiger partial charge in [-0.25, -0.2) is 4.79 Å². The van der Waals surface area contributed by atoms with Gasteiger partial charge in [0.15, 0.2) is 0 Å². The Hall–Kier alpha value is -1.93. The van der Waals surface area contributed by atoms with Gasteiger partial charge in [-0.15, -0.1) is 0 Å². The van der Waals surface area contributed by atoms with Crippen molar-refractivity contribution in [3.63, 3.8) is 0 Å². The normalized spacial score (nSPS) is 15.1. The molecule has 1 aliphatic rings. The zero-order valence-corrected chi connectivity index (χ0v) is 13.0. The monoisotopic (exact) mass is 308 g/mol. The van der Waals surface area contributed by atoms with Gasteiger partial charge in [-0.2, -0.15) is 5.26 Å². The van der Waals surface area contributed by atoms with Crippen molar-refractivity contribution < 1.29 is 14.3 Å². The van der Waals surface area contributed by atoms with E-state index in [4.69, 9.17) is 26.3 Å². The summed E-state index contributed by atoms with van der Waals surface area (Å²) >= 11 is 5.86. The summed E-state index contributed by atoms with van der Waals surface area (Å²) in [6, 6.07) is 6.93. The first-order chi connectivity index (χ1) is 9.78. The number of hydrogen-bond donors (Lipinski definition) is 0. The van der Waals surface area contributed by atoms with E-state index in [0.717, 1.165) is 0 Å². The minimum atomic E-state index is -0.499. The zero-order chi connectivity index (χ0) is 15.6. The second-order valence-electron chi connectivity index (χ2n) is 5.88. The molecule has 1 heterocycles. The first-order valence-corrected chi connectivity index (χ1v) is 7.00. The quantitative estimate of drug-likeness (QED) is 0.841. The maximum atomic E-state index is 11.8. The summed E-state index contributed by atoms with van der Waals surface area (Å²) in [5, 5.41) is 9.31. The molecule has 1 aromatic rings. The highest BCUT2D eigenvalue weighted by atomic mass is 35.5. The molecular formula is C15H17ClN2O3. The van der Waals surface area contributed by atoms with Gasteiger partial charge >= 0.3 is 6.09 Å². The smallest absolute Gasteiger partial charge is 0.410 e. The number of carbonyl (C=O) groups is 1. The van der Waals surface area contributed by atoms with Crippen molar-refractivity contribution in [2.75, 3.05) is 13.1 Å². The lowest BCUT2D eigenvalue weighted by Crippen LogP contribution is -2.57.